The summed E-state index contributed by atoms with van der Waals surface area (Å²) in [5.74, 6) is 0. The van der Waals surface area contributed by atoms with Gasteiger partial charge in [-0.3, -0.25) is 0 Å². The summed E-state index contributed by atoms with van der Waals surface area (Å²) in [5.41, 5.74) is 0. The van der Waals surface area contributed by atoms with Gasteiger partial charge in [-0.25, -0.2) is 0 Å². The number of alkyl halides is 10. The van der Waals surface area contributed by atoms with Gasteiger partial charge in [0.05, 0.1) is 4.83 Å². The second-order valence-corrected chi connectivity index (χ2v) is 19.8. The molecule has 0 aromatic carbocycles. The van der Waals surface area contributed by atoms with E-state index in [1.807, 2.05) is 6.92 Å². The van der Waals surface area contributed by atoms with Gasteiger partial charge >= 0.3 is 0 Å². The van der Waals surface area contributed by atoms with Crippen LogP contribution < -0.4 is 0 Å². The monoisotopic (exact) mass is 907 g/mol. The highest BCUT2D eigenvalue weighted by atomic mass is 79.9. The lowest BCUT2D eigenvalue weighted by Gasteiger charge is -2.62. The highest BCUT2D eigenvalue weighted by Crippen LogP contribution is 2.77. The first kappa shape index (κ1) is 21.8. The third-order valence-corrected chi connectivity index (χ3v) is 23.8. The Morgan fingerprint density at radius 1 is 0.789 bits per heavy atom. The molecule has 0 N–H and O–H groups in total. The van der Waals surface area contributed by atoms with Gasteiger partial charge in [-0.05, 0) is 6.92 Å². The number of rotatable bonds is 2. The predicted octanol–water partition coefficient (Wildman–Crippen LogP) is 7.84. The molecule has 1 rings (SSSR count). The zero-order valence-corrected chi connectivity index (χ0v) is 24.8. The minimum absolute atomic E-state index is 0.173. The van der Waals surface area contributed by atoms with E-state index in [4.69, 9.17) is 4.74 Å². The summed E-state index contributed by atoms with van der Waals surface area (Å²) in [6, 6.07) is 0. The fourth-order valence-electron chi connectivity index (χ4n) is 1.55. The Balaban J connectivity index is 3.57. The van der Waals surface area contributed by atoms with E-state index in [-0.39, 0.29) is 4.83 Å². The van der Waals surface area contributed by atoms with Crippen molar-refractivity contribution in [3.63, 3.8) is 0 Å². The van der Waals surface area contributed by atoms with Gasteiger partial charge in [-0.2, -0.15) is 0 Å². The van der Waals surface area contributed by atoms with Crippen molar-refractivity contribution < 1.29 is 4.74 Å². The van der Waals surface area contributed by atoms with Crippen molar-refractivity contribution in [2.24, 2.45) is 0 Å². The molecule has 0 aromatic rings. The zero-order valence-electron chi connectivity index (χ0n) is 8.97. The topological polar surface area (TPSA) is 9.23 Å². The standard InChI is InChI=1S/C8H6Br10O/c1-2-19-5(12)3(9)4(10,11)6(13,14)8(17,18)7(5,15)16/h3H,2H2,1H3. The Bertz CT molecular complexity index is 367. The molecule has 11 heteroatoms. The Morgan fingerprint density at radius 2 is 1.21 bits per heavy atom. The van der Waals surface area contributed by atoms with Crippen LogP contribution >= 0.6 is 159 Å². The first-order valence-electron chi connectivity index (χ1n) is 4.70. The Kier molecular flexibility index (Phi) is 7.82. The second-order valence-electron chi connectivity index (χ2n) is 3.79. The fraction of sp³-hybridized carbons (Fsp3) is 1.00. The largest absolute Gasteiger partial charge is 0.360 e. The maximum absolute atomic E-state index is 5.98. The summed E-state index contributed by atoms with van der Waals surface area (Å²) in [7, 11) is 0. The molecule has 1 aliphatic rings. The van der Waals surface area contributed by atoms with Gasteiger partial charge in [0.2, 0.25) is 0 Å². The molecular weight excluding hydrogens is 911 g/mol. The molecule has 0 aromatic heterocycles. The van der Waals surface area contributed by atoms with Crippen LogP contribution in [0, 0.1) is 0 Å². The first-order valence-corrected chi connectivity index (χ1v) is 12.7. The van der Waals surface area contributed by atoms with Crippen molar-refractivity contribution in [1.82, 2.24) is 0 Å². The van der Waals surface area contributed by atoms with Crippen LogP contribution in [0.25, 0.3) is 0 Å². The zero-order chi connectivity index (χ0) is 15.5. The van der Waals surface area contributed by atoms with Crippen LogP contribution in [-0.4, -0.2) is 28.9 Å². The smallest absolute Gasteiger partial charge is 0.164 e. The number of ether oxygens (including phenoxy) is 1. The molecule has 19 heavy (non-hydrogen) atoms. The average Bonchev–Trinajstić information content (AvgIpc) is 2.25. The average molecular weight is 917 g/mol. The molecule has 0 bridgehead atoms. The highest BCUT2D eigenvalue weighted by molar-refractivity contribution is 9.35. The maximum atomic E-state index is 5.98. The quantitative estimate of drug-likeness (QED) is 0.257. The van der Waals surface area contributed by atoms with Crippen LogP contribution in [0.3, 0.4) is 0 Å². The lowest BCUT2D eigenvalue weighted by molar-refractivity contribution is 0.0208. The van der Waals surface area contributed by atoms with Crippen LogP contribution in [0.15, 0.2) is 0 Å². The first-order chi connectivity index (χ1) is 8.22. The molecular formula is C8H6Br10O. The van der Waals surface area contributed by atoms with Crippen molar-refractivity contribution in [3.05, 3.63) is 0 Å². The summed E-state index contributed by atoms with van der Waals surface area (Å²) in [4.78, 5) is -0.173. The third-order valence-electron chi connectivity index (χ3n) is 2.63. The van der Waals surface area contributed by atoms with Gasteiger partial charge in [0, 0.05) is 6.61 Å². The lowest BCUT2D eigenvalue weighted by atomic mass is 9.95. The van der Waals surface area contributed by atoms with Crippen molar-refractivity contribution in [1.29, 1.82) is 0 Å². The van der Waals surface area contributed by atoms with Crippen molar-refractivity contribution in [2.75, 3.05) is 6.61 Å². The molecule has 0 amide bonds. The molecule has 0 aliphatic heterocycles. The van der Waals surface area contributed by atoms with Crippen LogP contribution in [0.1, 0.15) is 6.92 Å². The number of halogens is 10. The molecule has 1 fully saturated rings. The molecule has 2 unspecified atom stereocenters. The van der Waals surface area contributed by atoms with E-state index in [0.29, 0.717) is 6.61 Å². The predicted molar refractivity (Wildman–Crippen MR) is 118 cm³/mol. The van der Waals surface area contributed by atoms with E-state index >= 15 is 0 Å². The summed E-state index contributed by atoms with van der Waals surface area (Å²) in [6.07, 6.45) is 0. The van der Waals surface area contributed by atoms with Crippen LogP contribution in [0.2, 0.25) is 0 Å². The summed E-state index contributed by atoms with van der Waals surface area (Å²) in [6.45, 7) is 2.48. The fourth-order valence-corrected chi connectivity index (χ4v) is 12.5. The molecule has 0 spiro atoms. The summed E-state index contributed by atoms with van der Waals surface area (Å²) in [5, 5.41) is 0. The Morgan fingerprint density at radius 3 is 1.58 bits per heavy atom. The van der Waals surface area contributed by atoms with Crippen LogP contribution in [0.5, 0.6) is 0 Å². The molecule has 0 radical (unpaired) electrons. The SMILES string of the molecule is CCOC1(Br)C(Br)C(Br)(Br)C(Br)(Br)C(Br)(Br)C1(Br)Br. The van der Waals surface area contributed by atoms with Crippen LogP contribution in [-0.2, 0) is 4.74 Å². The minimum Gasteiger partial charge on any atom is -0.360 e. The van der Waals surface area contributed by atoms with Crippen molar-refractivity contribution in [2.45, 2.75) is 29.2 Å². The Hall–Kier alpha value is 4.76. The van der Waals surface area contributed by atoms with Gasteiger partial charge in [0.25, 0.3) is 0 Å². The molecule has 1 nitrogen and oxygen atoms in total. The molecule has 2 atom stereocenters. The molecule has 0 saturated heterocycles. The molecule has 1 aliphatic carbocycles. The van der Waals surface area contributed by atoms with Gasteiger partial charge in [-0.1, -0.05) is 159 Å². The molecule has 1 saturated carbocycles. The lowest BCUT2D eigenvalue weighted by Crippen LogP contribution is -2.75. The summed E-state index contributed by atoms with van der Waals surface area (Å²) < 4.78 is 2.59. The van der Waals surface area contributed by atoms with E-state index in [9.17, 15) is 0 Å². The number of hydrogen-bond donors (Lipinski definition) is 0. The van der Waals surface area contributed by atoms with E-state index in [1.165, 1.54) is 0 Å². The maximum Gasteiger partial charge on any atom is 0.164 e. The van der Waals surface area contributed by atoms with Gasteiger partial charge in [0.1, 0.15) is 12.9 Å². The van der Waals surface area contributed by atoms with E-state index in [2.05, 4.69) is 159 Å². The van der Waals surface area contributed by atoms with Gasteiger partial charge in [-0.15, -0.1) is 0 Å². The molecule has 0 heterocycles. The normalized spacial score (nSPS) is 39.0. The second kappa shape index (κ2) is 6.82. The van der Waals surface area contributed by atoms with Crippen molar-refractivity contribution in [3.8, 4) is 0 Å². The van der Waals surface area contributed by atoms with E-state index in [0.717, 1.165) is 0 Å². The van der Waals surface area contributed by atoms with Gasteiger partial charge in [0.15, 0.2) is 4.51 Å². The minimum atomic E-state index is -0.778. The third kappa shape index (κ3) is 3.04. The van der Waals surface area contributed by atoms with Crippen molar-refractivity contribution >= 4 is 159 Å². The van der Waals surface area contributed by atoms with E-state index < -0.39 is 17.4 Å². The number of hydrogen-bond acceptors (Lipinski definition) is 1. The van der Waals surface area contributed by atoms with Gasteiger partial charge < -0.3 is 4.74 Å². The Labute approximate surface area is 196 Å². The molecule has 114 valence electrons. The highest BCUT2D eigenvalue weighted by Gasteiger charge is 2.80. The van der Waals surface area contributed by atoms with Crippen LogP contribution in [0.4, 0.5) is 0 Å². The summed E-state index contributed by atoms with van der Waals surface area (Å²) >= 11 is 37.2. The van der Waals surface area contributed by atoms with E-state index in [1.54, 1.807) is 0 Å².